The predicted molar refractivity (Wildman–Crippen MR) is 418 cm³/mol. The van der Waals surface area contributed by atoms with Crippen LogP contribution in [0, 0.1) is 0 Å². The van der Waals surface area contributed by atoms with E-state index in [0.29, 0.717) is 17.4 Å². The first kappa shape index (κ1) is 92.4. The van der Waals surface area contributed by atoms with Crippen LogP contribution >= 0.6 is 7.82 Å². The Morgan fingerprint density at radius 2 is 0.594 bits per heavy atom. The summed E-state index contributed by atoms with van der Waals surface area (Å²) in [5.74, 6) is -0.807. The van der Waals surface area contributed by atoms with Crippen LogP contribution in [0.25, 0.3) is 0 Å². The minimum absolute atomic E-state index is 0.0244. The Labute approximate surface area is 594 Å². The number of allylic oxidation sites excluding steroid dienone is 20. The van der Waals surface area contributed by atoms with Crippen LogP contribution in [0.15, 0.2) is 122 Å². The summed E-state index contributed by atoms with van der Waals surface area (Å²) in [6, 6.07) is 0. The van der Waals surface area contributed by atoms with E-state index in [9.17, 15) is 19.0 Å². The van der Waals surface area contributed by atoms with Crippen LogP contribution in [0.5, 0.6) is 0 Å². The maximum absolute atomic E-state index is 12.9. The summed E-state index contributed by atoms with van der Waals surface area (Å²) in [5, 5.41) is 0. The van der Waals surface area contributed by atoms with Gasteiger partial charge >= 0.3 is 19.8 Å². The van der Waals surface area contributed by atoms with Gasteiger partial charge in [-0.15, -0.1) is 0 Å². The van der Waals surface area contributed by atoms with Crippen molar-refractivity contribution in [1.82, 2.24) is 0 Å². The van der Waals surface area contributed by atoms with E-state index >= 15 is 0 Å². The van der Waals surface area contributed by atoms with Gasteiger partial charge in [0.25, 0.3) is 0 Å². The lowest BCUT2D eigenvalue weighted by molar-refractivity contribution is -0.870. The summed E-state index contributed by atoms with van der Waals surface area (Å²) >= 11 is 0. The van der Waals surface area contributed by atoms with Gasteiger partial charge in [-0.1, -0.05) is 379 Å². The van der Waals surface area contributed by atoms with Crippen molar-refractivity contribution < 1.29 is 42.1 Å². The molecular weight excluding hydrogens is 1210 g/mol. The van der Waals surface area contributed by atoms with Gasteiger partial charge in [0.15, 0.2) is 6.10 Å². The molecule has 0 aliphatic rings. The highest BCUT2D eigenvalue weighted by Gasteiger charge is 2.27. The Morgan fingerprint density at radius 3 is 0.885 bits per heavy atom. The van der Waals surface area contributed by atoms with Crippen LogP contribution in [-0.2, 0) is 32.7 Å². The zero-order valence-corrected chi connectivity index (χ0v) is 64.2. The number of quaternary nitrogens is 1. The Bertz CT molecular complexity index is 2040. The summed E-state index contributed by atoms with van der Waals surface area (Å²) in [6.45, 7) is 4.34. The van der Waals surface area contributed by atoms with Crippen molar-refractivity contribution in [2.75, 3.05) is 47.5 Å². The molecule has 0 spiro atoms. The molecule has 0 radical (unpaired) electrons. The maximum Gasteiger partial charge on any atom is 0.472 e. The average molecular weight is 1360 g/mol. The molecule has 0 heterocycles. The minimum atomic E-state index is -4.41. The number of phosphoric acid groups is 1. The molecule has 554 valence electrons. The number of unbranched alkanes of at least 4 members (excludes halogenated alkanes) is 40. The molecule has 0 fully saturated rings. The first-order valence-electron chi connectivity index (χ1n) is 40.3. The third-order valence-corrected chi connectivity index (χ3v) is 18.5. The summed E-state index contributed by atoms with van der Waals surface area (Å²) in [6.07, 6.45) is 109. The highest BCUT2D eigenvalue weighted by Crippen LogP contribution is 2.43. The minimum Gasteiger partial charge on any atom is -0.462 e. The number of carbonyl (C=O) groups is 2. The molecule has 1 N–H and O–H groups in total. The summed E-state index contributed by atoms with van der Waals surface area (Å²) < 4.78 is 34.8. The van der Waals surface area contributed by atoms with E-state index in [1.165, 1.54) is 205 Å². The van der Waals surface area contributed by atoms with Crippen LogP contribution in [0.3, 0.4) is 0 Å². The number of nitrogens with zero attached hydrogens (tertiary/aromatic N) is 1. The van der Waals surface area contributed by atoms with Gasteiger partial charge in [-0.2, -0.15) is 0 Å². The molecule has 0 aromatic rings. The molecule has 0 aliphatic heterocycles. The van der Waals surface area contributed by atoms with Gasteiger partial charge in [-0.25, -0.2) is 4.57 Å². The topological polar surface area (TPSA) is 108 Å². The van der Waals surface area contributed by atoms with Crippen LogP contribution in [0.4, 0.5) is 0 Å². The van der Waals surface area contributed by atoms with Crippen molar-refractivity contribution in [3.8, 4) is 0 Å². The molecule has 0 saturated heterocycles. The third-order valence-electron chi connectivity index (χ3n) is 17.5. The third kappa shape index (κ3) is 79.4. The highest BCUT2D eigenvalue weighted by molar-refractivity contribution is 7.47. The van der Waals surface area contributed by atoms with Crippen LogP contribution in [0.1, 0.15) is 361 Å². The molecule has 10 heteroatoms. The lowest BCUT2D eigenvalue weighted by Crippen LogP contribution is -2.37. The van der Waals surface area contributed by atoms with E-state index in [4.69, 9.17) is 18.5 Å². The fraction of sp³-hybridized carbons (Fsp3) is 0.744. The zero-order chi connectivity index (χ0) is 69.7. The number of hydrogen-bond acceptors (Lipinski definition) is 7. The number of esters is 2. The van der Waals surface area contributed by atoms with E-state index in [-0.39, 0.29) is 32.0 Å². The molecule has 2 atom stereocenters. The van der Waals surface area contributed by atoms with E-state index in [1.54, 1.807) is 0 Å². The molecular formula is C86H153NO8P+. The van der Waals surface area contributed by atoms with Gasteiger partial charge in [-0.05, 0) is 89.9 Å². The molecule has 0 rings (SSSR count). The lowest BCUT2D eigenvalue weighted by atomic mass is 10.0. The Hall–Kier alpha value is -3.59. The maximum atomic E-state index is 12.9. The monoisotopic (exact) mass is 1360 g/mol. The molecule has 0 aliphatic carbocycles. The van der Waals surface area contributed by atoms with Crippen LogP contribution < -0.4 is 0 Å². The second kappa shape index (κ2) is 75.6. The van der Waals surface area contributed by atoms with Gasteiger partial charge in [-0.3, -0.25) is 18.6 Å². The molecule has 0 bridgehead atoms. The fourth-order valence-electron chi connectivity index (χ4n) is 11.4. The molecule has 0 aromatic carbocycles. The first-order chi connectivity index (χ1) is 47.0. The number of ether oxygens (including phenoxy) is 2. The molecule has 9 nitrogen and oxygen atoms in total. The van der Waals surface area contributed by atoms with E-state index in [1.807, 2.05) is 21.1 Å². The summed E-state index contributed by atoms with van der Waals surface area (Å²) in [7, 11) is 1.47. The van der Waals surface area contributed by atoms with Crippen molar-refractivity contribution in [2.45, 2.75) is 367 Å². The predicted octanol–water partition coefficient (Wildman–Crippen LogP) is 26.9. The van der Waals surface area contributed by atoms with Crippen molar-refractivity contribution in [1.29, 1.82) is 0 Å². The van der Waals surface area contributed by atoms with Crippen molar-refractivity contribution in [2.24, 2.45) is 0 Å². The number of phosphoric ester groups is 1. The second-order valence-electron chi connectivity index (χ2n) is 28.1. The molecule has 0 saturated carbocycles. The van der Waals surface area contributed by atoms with Gasteiger partial charge in [0, 0.05) is 12.8 Å². The number of hydrogen-bond donors (Lipinski definition) is 1. The van der Waals surface area contributed by atoms with Gasteiger partial charge in [0.05, 0.1) is 27.7 Å². The SMILES string of the molecule is CC/C=C\C/C=C\C/C=C\C/C=C\C/C=C\C/C=C\C/C=C\C/C=C\C/C=C\C/C=C\CCCCCCCCC(=O)OC(COC(=O)CCCCCCCCCCCCCCCCCCCCCCCCCCCCCCCCCCCCC)COP(=O)(O)OCC[N+](C)(C)C. The summed E-state index contributed by atoms with van der Waals surface area (Å²) in [5.41, 5.74) is 0. The summed E-state index contributed by atoms with van der Waals surface area (Å²) in [4.78, 5) is 36.0. The number of rotatable bonds is 74. The Kier molecular flexibility index (Phi) is 72.8. The molecule has 0 amide bonds. The number of likely N-dealkylation sites (N-methyl/N-ethyl adjacent to an activating group) is 1. The fourth-order valence-corrected chi connectivity index (χ4v) is 12.1. The van der Waals surface area contributed by atoms with Crippen molar-refractivity contribution in [3.05, 3.63) is 122 Å². The standard InChI is InChI=1S/C86H152NO8P/c1-6-8-10-12-14-16-18-20-22-24-26-28-30-32-34-36-38-40-42-43-45-47-49-51-53-55-57-59-61-63-65-67-69-71-73-75-77-79-86(89)95-84(83-94-96(90,91)93-81-80-87(3,4)5)82-92-85(88)78-76-74-72-70-68-66-64-62-60-58-56-54-52-50-48-46-44-41-39-37-35-33-31-29-27-25-23-21-19-17-15-13-11-9-7-2/h8,10,14,16,20,22,26,28,32,34,38,40,43,45,49,51,55,57,61,63,84H,6-7,9,11-13,15,17-19,21,23-25,27,29-31,33,35-37,39,41-42,44,46-48,50,52-54,56,58-60,62,64-83H2,1-5H3/p+1/b10-8-,16-14-,22-20-,28-26-,34-32-,40-38-,45-43-,51-49-,57-55-,63-61-. The van der Waals surface area contributed by atoms with Crippen molar-refractivity contribution in [3.63, 3.8) is 0 Å². The van der Waals surface area contributed by atoms with E-state index in [2.05, 4.69) is 135 Å². The van der Waals surface area contributed by atoms with Gasteiger partial charge in [0.1, 0.15) is 19.8 Å². The second-order valence-corrected chi connectivity index (χ2v) is 29.5. The molecule has 0 aromatic heterocycles. The lowest BCUT2D eigenvalue weighted by Gasteiger charge is -2.24. The largest absolute Gasteiger partial charge is 0.472 e. The molecule has 2 unspecified atom stereocenters. The average Bonchev–Trinajstić information content (AvgIpc) is 2.72. The quantitative estimate of drug-likeness (QED) is 0.0211. The highest BCUT2D eigenvalue weighted by atomic mass is 31.2. The van der Waals surface area contributed by atoms with Gasteiger partial charge in [0.2, 0.25) is 0 Å². The van der Waals surface area contributed by atoms with Crippen molar-refractivity contribution >= 4 is 19.8 Å². The van der Waals surface area contributed by atoms with E-state index < -0.39 is 26.5 Å². The number of carbonyl (C=O) groups excluding carboxylic acids is 2. The molecule has 96 heavy (non-hydrogen) atoms. The smallest absolute Gasteiger partial charge is 0.462 e. The Morgan fingerprint density at radius 1 is 0.333 bits per heavy atom. The Balaban J connectivity index is 4.03. The first-order valence-corrected chi connectivity index (χ1v) is 41.8. The normalized spacial score (nSPS) is 13.7. The zero-order valence-electron chi connectivity index (χ0n) is 63.3. The van der Waals surface area contributed by atoms with Gasteiger partial charge < -0.3 is 18.9 Å². The van der Waals surface area contributed by atoms with Crippen LogP contribution in [0.2, 0.25) is 0 Å². The van der Waals surface area contributed by atoms with E-state index in [0.717, 1.165) is 122 Å². The van der Waals surface area contributed by atoms with Crippen LogP contribution in [-0.4, -0.2) is 74.9 Å².